The Balaban J connectivity index is 1.26. The number of anilines is 2. The van der Waals surface area contributed by atoms with Gasteiger partial charge in [-0.2, -0.15) is 13.2 Å². The van der Waals surface area contributed by atoms with E-state index in [1.54, 1.807) is 36.7 Å². The predicted molar refractivity (Wildman–Crippen MR) is 164 cm³/mol. The Morgan fingerprint density at radius 1 is 0.956 bits per heavy atom. The lowest BCUT2D eigenvalue weighted by Gasteiger charge is -2.35. The van der Waals surface area contributed by atoms with E-state index >= 15 is 0 Å². The Kier molecular flexibility index (Phi) is 8.50. The zero-order valence-electron chi connectivity index (χ0n) is 24.6. The van der Waals surface area contributed by atoms with Crippen molar-refractivity contribution in [3.63, 3.8) is 0 Å². The van der Waals surface area contributed by atoms with Crippen LogP contribution in [0.4, 0.5) is 29.1 Å². The average Bonchev–Trinajstić information content (AvgIpc) is 3.70. The third kappa shape index (κ3) is 6.51. The summed E-state index contributed by atoms with van der Waals surface area (Å²) in [6, 6.07) is 11.5. The molecule has 0 amide bonds. The number of likely N-dealkylation sites (tertiary alicyclic amines) is 1. The second-order valence-electron chi connectivity index (χ2n) is 11.7. The molecule has 236 valence electrons. The normalized spacial score (nSPS) is 16.4. The first kappa shape index (κ1) is 30.6. The standard InChI is InChI=1S/C33H34F4N6O2/c34-26-8-7-24(19-25(26)33(35,36)37)27-20-43(18-17-41-13-1-2-14-41)31(40-27)22-10-15-42(16-11-22)28-9-12-39-30(38)29(28)21-3-5-23(6-4-21)32(44)45/h3-9,12,19-20,22H,1-2,10-11,13-18H2,(H2,38,39)(H,44,45). The number of benzene rings is 2. The highest BCUT2D eigenvalue weighted by molar-refractivity contribution is 5.91. The number of hydrogen-bond donors (Lipinski definition) is 2. The third-order valence-electron chi connectivity index (χ3n) is 8.81. The first-order valence-electron chi connectivity index (χ1n) is 15.1. The number of nitrogens with zero attached hydrogens (tertiary/aromatic N) is 5. The van der Waals surface area contributed by atoms with Crippen LogP contribution < -0.4 is 10.6 Å². The van der Waals surface area contributed by atoms with Crippen LogP contribution in [-0.4, -0.2) is 63.2 Å². The number of rotatable bonds is 8. The summed E-state index contributed by atoms with van der Waals surface area (Å²) in [4.78, 5) is 25.1. The molecule has 6 rings (SSSR count). The minimum atomic E-state index is -4.80. The lowest BCUT2D eigenvalue weighted by atomic mass is 9.94. The van der Waals surface area contributed by atoms with E-state index in [4.69, 9.17) is 10.7 Å². The van der Waals surface area contributed by atoms with Gasteiger partial charge in [-0.25, -0.2) is 19.2 Å². The molecule has 2 saturated heterocycles. The number of aromatic nitrogens is 3. The lowest BCUT2D eigenvalue weighted by Crippen LogP contribution is -2.34. The van der Waals surface area contributed by atoms with Gasteiger partial charge in [0.15, 0.2) is 0 Å². The van der Waals surface area contributed by atoms with Gasteiger partial charge in [-0.15, -0.1) is 0 Å². The van der Waals surface area contributed by atoms with Crippen molar-refractivity contribution in [1.29, 1.82) is 0 Å². The number of carboxylic acids is 1. The predicted octanol–water partition coefficient (Wildman–Crippen LogP) is 6.53. The number of nitrogen functional groups attached to an aromatic ring is 1. The fraction of sp³-hybridized carbons (Fsp3) is 0.364. The summed E-state index contributed by atoms with van der Waals surface area (Å²) in [5, 5.41) is 9.29. The summed E-state index contributed by atoms with van der Waals surface area (Å²) in [7, 11) is 0. The zero-order valence-corrected chi connectivity index (χ0v) is 24.6. The molecule has 8 nitrogen and oxygen atoms in total. The number of alkyl halides is 3. The minimum absolute atomic E-state index is 0.0635. The molecule has 4 heterocycles. The summed E-state index contributed by atoms with van der Waals surface area (Å²) >= 11 is 0. The number of halogens is 4. The maximum atomic E-state index is 14.0. The Labute approximate surface area is 258 Å². The molecule has 2 aliphatic rings. The minimum Gasteiger partial charge on any atom is -0.478 e. The molecule has 0 bridgehead atoms. The monoisotopic (exact) mass is 622 g/mol. The van der Waals surface area contributed by atoms with Gasteiger partial charge < -0.3 is 25.2 Å². The smallest absolute Gasteiger partial charge is 0.419 e. The van der Waals surface area contributed by atoms with Crippen molar-refractivity contribution in [1.82, 2.24) is 19.4 Å². The van der Waals surface area contributed by atoms with Crippen molar-refractivity contribution in [3.05, 3.63) is 83.7 Å². The molecule has 3 N–H and O–H groups in total. The van der Waals surface area contributed by atoms with Crippen LogP contribution in [0.15, 0.2) is 60.9 Å². The Bertz CT molecular complexity index is 1670. The Morgan fingerprint density at radius 2 is 1.64 bits per heavy atom. The van der Waals surface area contributed by atoms with Gasteiger partial charge in [-0.3, -0.25) is 0 Å². The van der Waals surface area contributed by atoms with Crippen molar-refractivity contribution >= 4 is 17.5 Å². The van der Waals surface area contributed by atoms with Crippen molar-refractivity contribution in [3.8, 4) is 22.4 Å². The highest BCUT2D eigenvalue weighted by Gasteiger charge is 2.35. The number of carbonyl (C=O) groups is 1. The molecule has 0 saturated carbocycles. The molecular weight excluding hydrogens is 588 g/mol. The maximum Gasteiger partial charge on any atom is 0.419 e. The number of piperidine rings is 1. The zero-order chi connectivity index (χ0) is 31.7. The van der Waals surface area contributed by atoms with Gasteiger partial charge in [-0.05, 0) is 80.7 Å². The number of carboxylic acid groups (broad SMARTS) is 1. The molecule has 0 aliphatic carbocycles. The van der Waals surface area contributed by atoms with Crippen LogP contribution in [0.3, 0.4) is 0 Å². The van der Waals surface area contributed by atoms with Gasteiger partial charge in [-0.1, -0.05) is 12.1 Å². The maximum absolute atomic E-state index is 14.0. The number of aromatic carboxylic acids is 1. The van der Waals surface area contributed by atoms with E-state index in [0.717, 1.165) is 80.1 Å². The van der Waals surface area contributed by atoms with Crippen LogP contribution in [0, 0.1) is 5.82 Å². The molecule has 0 spiro atoms. The van der Waals surface area contributed by atoms with Gasteiger partial charge in [0.05, 0.1) is 16.8 Å². The first-order valence-corrected chi connectivity index (χ1v) is 15.1. The molecule has 2 aromatic heterocycles. The average molecular weight is 623 g/mol. The van der Waals surface area contributed by atoms with E-state index in [9.17, 15) is 27.5 Å². The molecule has 2 aromatic carbocycles. The Morgan fingerprint density at radius 3 is 2.31 bits per heavy atom. The fourth-order valence-electron chi connectivity index (χ4n) is 6.42. The van der Waals surface area contributed by atoms with Gasteiger partial charge in [0.25, 0.3) is 0 Å². The van der Waals surface area contributed by atoms with Gasteiger partial charge >= 0.3 is 12.1 Å². The summed E-state index contributed by atoms with van der Waals surface area (Å²) in [5.74, 6) is -1.09. The van der Waals surface area contributed by atoms with Crippen molar-refractivity contribution < 1.29 is 27.5 Å². The number of imidazole rings is 1. The summed E-state index contributed by atoms with van der Waals surface area (Å²) < 4.78 is 56.6. The van der Waals surface area contributed by atoms with Crippen LogP contribution in [-0.2, 0) is 12.7 Å². The van der Waals surface area contributed by atoms with Crippen molar-refractivity contribution in [2.45, 2.75) is 44.3 Å². The molecule has 2 fully saturated rings. The van der Waals surface area contributed by atoms with Crippen LogP contribution in [0.25, 0.3) is 22.4 Å². The van der Waals surface area contributed by atoms with Gasteiger partial charge in [0, 0.05) is 61.3 Å². The molecule has 0 atom stereocenters. The summed E-state index contributed by atoms with van der Waals surface area (Å²) in [6.07, 6.45) is 2.45. The van der Waals surface area contributed by atoms with Crippen LogP contribution >= 0.6 is 0 Å². The SMILES string of the molecule is Nc1nccc(N2CCC(c3nc(-c4ccc(F)c(C(F)(F)F)c4)cn3CCN3CCCC3)CC2)c1-c1ccc(C(=O)O)cc1. The van der Waals surface area contributed by atoms with E-state index in [1.807, 2.05) is 6.07 Å². The van der Waals surface area contributed by atoms with Crippen LogP contribution in [0.1, 0.15) is 53.3 Å². The van der Waals surface area contributed by atoms with E-state index < -0.39 is 23.5 Å². The van der Waals surface area contributed by atoms with E-state index in [-0.39, 0.29) is 17.0 Å². The second kappa shape index (κ2) is 12.5. The molecule has 0 radical (unpaired) electrons. The van der Waals surface area contributed by atoms with E-state index in [0.29, 0.717) is 31.1 Å². The molecule has 0 unspecified atom stereocenters. The fourth-order valence-corrected chi connectivity index (χ4v) is 6.42. The second-order valence-corrected chi connectivity index (χ2v) is 11.7. The molecular formula is C33H34F4N6O2. The number of pyridine rings is 1. The van der Waals surface area contributed by atoms with Crippen molar-refractivity contribution in [2.75, 3.05) is 43.4 Å². The number of hydrogen-bond acceptors (Lipinski definition) is 6. The molecule has 4 aromatic rings. The number of nitrogens with two attached hydrogens (primary N) is 1. The van der Waals surface area contributed by atoms with Gasteiger partial charge in [0.1, 0.15) is 17.5 Å². The van der Waals surface area contributed by atoms with E-state index in [1.165, 1.54) is 6.07 Å². The highest BCUT2D eigenvalue weighted by Crippen LogP contribution is 2.39. The highest BCUT2D eigenvalue weighted by atomic mass is 19.4. The quantitative estimate of drug-likeness (QED) is 0.216. The largest absolute Gasteiger partial charge is 0.478 e. The molecule has 2 aliphatic heterocycles. The molecule has 12 heteroatoms. The lowest BCUT2D eigenvalue weighted by molar-refractivity contribution is -0.139. The summed E-state index contributed by atoms with van der Waals surface area (Å²) in [5.41, 5.74) is 8.22. The first-order chi connectivity index (χ1) is 21.6. The van der Waals surface area contributed by atoms with E-state index in [2.05, 4.69) is 19.4 Å². The topological polar surface area (TPSA) is 101 Å². The molecule has 45 heavy (non-hydrogen) atoms. The van der Waals surface area contributed by atoms with Crippen LogP contribution in [0.5, 0.6) is 0 Å². The van der Waals surface area contributed by atoms with Crippen LogP contribution in [0.2, 0.25) is 0 Å². The Hall–Kier alpha value is -4.45. The summed E-state index contributed by atoms with van der Waals surface area (Å²) in [6.45, 7) is 4.89. The van der Waals surface area contributed by atoms with Gasteiger partial charge in [0.2, 0.25) is 0 Å². The third-order valence-corrected chi connectivity index (χ3v) is 8.81. The van der Waals surface area contributed by atoms with Crippen molar-refractivity contribution in [2.24, 2.45) is 0 Å².